The van der Waals surface area contributed by atoms with Crippen LogP contribution in [0.4, 0.5) is 10.5 Å². The Kier molecular flexibility index (Phi) is 8.03. The van der Waals surface area contributed by atoms with Gasteiger partial charge in [-0.3, -0.25) is 9.59 Å². The molecule has 0 heterocycles. The number of hydrogen-bond donors (Lipinski definition) is 3. The van der Waals surface area contributed by atoms with E-state index in [1.54, 1.807) is 32.9 Å². The summed E-state index contributed by atoms with van der Waals surface area (Å²) in [5.74, 6) is -0.531. The van der Waals surface area contributed by atoms with Crippen LogP contribution in [-0.2, 0) is 16.1 Å². The van der Waals surface area contributed by atoms with Crippen LogP contribution in [0.15, 0.2) is 78.9 Å². The Morgan fingerprint density at radius 2 is 1.38 bits per heavy atom. The topological polar surface area (TPSA) is 96.5 Å². The number of nitrogens with one attached hydrogen (secondary N) is 3. The lowest BCUT2D eigenvalue weighted by Crippen LogP contribution is -2.37. The van der Waals surface area contributed by atoms with Crippen LogP contribution in [0, 0.1) is 0 Å². The molecule has 0 aliphatic heterocycles. The predicted octanol–water partition coefficient (Wildman–Crippen LogP) is 4.75. The fraction of sp³-hybridized carbons (Fsp3) is 0.222. The highest BCUT2D eigenvalue weighted by Crippen LogP contribution is 2.19. The van der Waals surface area contributed by atoms with Gasteiger partial charge < -0.3 is 20.7 Å². The number of hydrogen-bond acceptors (Lipinski definition) is 4. The van der Waals surface area contributed by atoms with E-state index in [0.717, 1.165) is 16.7 Å². The van der Waals surface area contributed by atoms with Gasteiger partial charge in [-0.2, -0.15) is 0 Å². The number of carbonyl (C=O) groups is 3. The van der Waals surface area contributed by atoms with Gasteiger partial charge in [0.2, 0.25) is 5.91 Å². The Morgan fingerprint density at radius 1 is 0.765 bits per heavy atom. The lowest BCUT2D eigenvalue weighted by molar-refractivity contribution is -0.115. The number of carbonyl (C=O) groups excluding carboxylic acids is 3. The van der Waals surface area contributed by atoms with Gasteiger partial charge in [0.25, 0.3) is 5.91 Å². The highest BCUT2D eigenvalue weighted by atomic mass is 16.6. The summed E-state index contributed by atoms with van der Waals surface area (Å²) < 4.78 is 5.09. The van der Waals surface area contributed by atoms with Crippen molar-refractivity contribution in [2.24, 2.45) is 0 Å². The van der Waals surface area contributed by atoms with E-state index in [1.807, 2.05) is 66.7 Å². The van der Waals surface area contributed by atoms with Crippen LogP contribution >= 0.6 is 0 Å². The van der Waals surface area contributed by atoms with Crippen LogP contribution in [0.3, 0.4) is 0 Å². The highest BCUT2D eigenvalue weighted by Gasteiger charge is 2.16. The molecule has 0 bridgehead atoms. The molecular weight excluding hydrogens is 430 g/mol. The van der Waals surface area contributed by atoms with E-state index in [9.17, 15) is 14.4 Å². The molecule has 0 spiro atoms. The van der Waals surface area contributed by atoms with Gasteiger partial charge in [-0.1, -0.05) is 54.6 Å². The number of anilines is 1. The molecule has 3 aromatic carbocycles. The minimum Gasteiger partial charge on any atom is -0.444 e. The minimum atomic E-state index is -0.650. The fourth-order valence-corrected chi connectivity index (χ4v) is 3.11. The zero-order chi connectivity index (χ0) is 24.6. The molecule has 0 aliphatic rings. The molecule has 0 saturated heterocycles. The second-order valence-corrected chi connectivity index (χ2v) is 8.73. The van der Waals surface area contributed by atoms with Crippen molar-refractivity contribution < 1.29 is 19.1 Å². The number of alkyl carbamates (subject to hydrolysis) is 1. The molecule has 34 heavy (non-hydrogen) atoms. The zero-order valence-electron chi connectivity index (χ0n) is 19.6. The molecule has 3 aromatic rings. The summed E-state index contributed by atoms with van der Waals surface area (Å²) in [6, 6.07) is 24.6. The molecule has 3 amide bonds. The normalized spacial score (nSPS) is 10.8. The van der Waals surface area contributed by atoms with Gasteiger partial charge in [0.15, 0.2) is 0 Å². The molecule has 0 atom stereocenters. The molecule has 0 aromatic heterocycles. The van der Waals surface area contributed by atoms with Gasteiger partial charge >= 0.3 is 6.09 Å². The molecule has 0 unspecified atom stereocenters. The van der Waals surface area contributed by atoms with Crippen LogP contribution in [0.25, 0.3) is 11.1 Å². The molecule has 0 radical (unpaired) electrons. The van der Waals surface area contributed by atoms with Gasteiger partial charge in [0.1, 0.15) is 12.1 Å². The van der Waals surface area contributed by atoms with E-state index in [2.05, 4.69) is 16.0 Å². The Morgan fingerprint density at radius 3 is 2.00 bits per heavy atom. The quantitative estimate of drug-likeness (QED) is 0.475. The van der Waals surface area contributed by atoms with Gasteiger partial charge in [-0.25, -0.2) is 4.79 Å². The Balaban J connectivity index is 1.45. The fourth-order valence-electron chi connectivity index (χ4n) is 3.11. The molecule has 0 fully saturated rings. The summed E-state index contributed by atoms with van der Waals surface area (Å²) in [6.07, 6.45) is -0.650. The number of ether oxygens (including phenoxy) is 1. The van der Waals surface area contributed by atoms with Crippen molar-refractivity contribution in [3.63, 3.8) is 0 Å². The molecular formula is C27H29N3O4. The molecule has 7 nitrogen and oxygen atoms in total. The summed E-state index contributed by atoms with van der Waals surface area (Å²) in [7, 11) is 0. The van der Waals surface area contributed by atoms with E-state index in [1.165, 1.54) is 0 Å². The highest BCUT2D eigenvalue weighted by molar-refractivity contribution is 5.95. The molecule has 7 heteroatoms. The molecule has 3 N–H and O–H groups in total. The maximum absolute atomic E-state index is 12.5. The number of rotatable bonds is 7. The first kappa shape index (κ1) is 24.5. The van der Waals surface area contributed by atoms with Crippen molar-refractivity contribution in [1.29, 1.82) is 0 Å². The van der Waals surface area contributed by atoms with Crippen molar-refractivity contribution in [1.82, 2.24) is 10.6 Å². The smallest absolute Gasteiger partial charge is 0.408 e. The van der Waals surface area contributed by atoms with E-state index < -0.39 is 11.7 Å². The van der Waals surface area contributed by atoms with Crippen LogP contribution in [-0.4, -0.2) is 30.1 Å². The second kappa shape index (κ2) is 11.1. The summed E-state index contributed by atoms with van der Waals surface area (Å²) in [5.41, 5.74) is 3.58. The van der Waals surface area contributed by atoms with Crippen LogP contribution in [0.1, 0.15) is 36.7 Å². The van der Waals surface area contributed by atoms with E-state index in [0.29, 0.717) is 17.8 Å². The van der Waals surface area contributed by atoms with Crippen molar-refractivity contribution >= 4 is 23.6 Å². The van der Waals surface area contributed by atoms with Crippen LogP contribution in [0.2, 0.25) is 0 Å². The maximum Gasteiger partial charge on any atom is 0.408 e. The third-order valence-corrected chi connectivity index (χ3v) is 4.74. The number of amides is 3. The first-order valence-electron chi connectivity index (χ1n) is 11.0. The monoisotopic (exact) mass is 459 g/mol. The largest absolute Gasteiger partial charge is 0.444 e. The van der Waals surface area contributed by atoms with Gasteiger partial charge in [0.05, 0.1) is 0 Å². The van der Waals surface area contributed by atoms with Crippen LogP contribution < -0.4 is 16.0 Å². The third kappa shape index (κ3) is 7.78. The predicted molar refractivity (Wildman–Crippen MR) is 132 cm³/mol. The van der Waals surface area contributed by atoms with E-state index >= 15 is 0 Å². The summed E-state index contributed by atoms with van der Waals surface area (Å²) >= 11 is 0. The molecule has 0 saturated carbocycles. The van der Waals surface area contributed by atoms with Gasteiger partial charge in [-0.05, 0) is 61.7 Å². The van der Waals surface area contributed by atoms with Crippen LogP contribution in [0.5, 0.6) is 0 Å². The molecule has 3 rings (SSSR count). The Hall–Kier alpha value is -4.13. The first-order valence-corrected chi connectivity index (χ1v) is 11.0. The second-order valence-electron chi connectivity index (χ2n) is 8.73. The van der Waals surface area contributed by atoms with Gasteiger partial charge in [0, 0.05) is 17.8 Å². The third-order valence-electron chi connectivity index (χ3n) is 4.74. The Labute approximate surface area is 199 Å². The van der Waals surface area contributed by atoms with Crippen molar-refractivity contribution in [2.75, 3.05) is 11.9 Å². The summed E-state index contributed by atoms with van der Waals surface area (Å²) in [4.78, 5) is 36.1. The van der Waals surface area contributed by atoms with E-state index in [-0.39, 0.29) is 18.4 Å². The van der Waals surface area contributed by atoms with Crippen molar-refractivity contribution in [3.05, 3.63) is 90.0 Å². The van der Waals surface area contributed by atoms with Crippen molar-refractivity contribution in [2.45, 2.75) is 32.9 Å². The minimum absolute atomic E-state index is 0.162. The average molecular weight is 460 g/mol. The lowest BCUT2D eigenvalue weighted by atomic mass is 10.0. The molecule has 0 aliphatic carbocycles. The maximum atomic E-state index is 12.5. The SMILES string of the molecule is CC(C)(C)OC(=O)NCC(=O)Nc1ccc(CNC(=O)c2ccc(-c3ccccc3)cc2)cc1. The Bertz CT molecular complexity index is 1120. The molecule has 176 valence electrons. The summed E-state index contributed by atoms with van der Waals surface area (Å²) in [5, 5.41) is 8.01. The van der Waals surface area contributed by atoms with Gasteiger partial charge in [-0.15, -0.1) is 0 Å². The zero-order valence-corrected chi connectivity index (χ0v) is 19.6. The van der Waals surface area contributed by atoms with E-state index in [4.69, 9.17) is 4.74 Å². The summed E-state index contributed by atoms with van der Waals surface area (Å²) in [6.45, 7) is 5.40. The lowest BCUT2D eigenvalue weighted by Gasteiger charge is -2.19. The average Bonchev–Trinajstić information content (AvgIpc) is 2.82. The number of benzene rings is 3. The van der Waals surface area contributed by atoms with Crippen molar-refractivity contribution in [3.8, 4) is 11.1 Å². The first-order chi connectivity index (χ1) is 16.2. The standard InChI is InChI=1S/C27H29N3O4/c1-27(2,3)34-26(33)29-18-24(31)30-23-15-9-19(10-16-23)17-28-25(32)22-13-11-21(12-14-22)20-7-5-4-6-8-20/h4-16H,17-18H2,1-3H3,(H,28,32)(H,29,33)(H,30,31).